The molecule has 33 heavy (non-hydrogen) atoms. The van der Waals surface area contributed by atoms with Crippen molar-refractivity contribution >= 4 is 33.7 Å². The predicted molar refractivity (Wildman–Crippen MR) is 129 cm³/mol. The van der Waals surface area contributed by atoms with Crippen molar-refractivity contribution in [1.82, 2.24) is 15.0 Å². The van der Waals surface area contributed by atoms with E-state index in [0.717, 1.165) is 16.0 Å². The van der Waals surface area contributed by atoms with Crippen LogP contribution in [0.1, 0.15) is 12.5 Å². The predicted octanol–water partition coefficient (Wildman–Crippen LogP) is 3.68. The normalized spacial score (nSPS) is 11.1. The minimum Gasteiger partial charge on any atom is -0.493 e. The number of hydrogen-bond acceptors (Lipinski definition) is 7. The first-order valence-electron chi connectivity index (χ1n) is 10.3. The molecule has 0 radical (unpaired) electrons. The zero-order chi connectivity index (χ0) is 23.2. The summed E-state index contributed by atoms with van der Waals surface area (Å²) in [6.45, 7) is 2.23. The van der Waals surface area contributed by atoms with E-state index in [0.29, 0.717) is 28.3 Å². The highest BCUT2D eigenvalue weighted by Gasteiger charge is 2.12. The third-order valence-corrected chi connectivity index (χ3v) is 5.87. The topological polar surface area (TPSA) is 94.8 Å². The average Bonchev–Trinajstić information content (AvgIpc) is 3.28. The molecule has 0 bridgehead atoms. The molecule has 4 aromatic rings. The molecular weight excluding hydrogens is 440 g/mol. The van der Waals surface area contributed by atoms with Crippen LogP contribution in [0, 0.1) is 0 Å². The molecule has 0 saturated carbocycles. The molecule has 4 rings (SSSR count). The number of methoxy groups -OCH3 is 1. The second kappa shape index (κ2) is 10.1. The van der Waals surface area contributed by atoms with E-state index in [1.807, 2.05) is 43.3 Å². The number of benzene rings is 2. The van der Waals surface area contributed by atoms with E-state index in [1.54, 1.807) is 25.3 Å². The standard InChI is InChI=1S/C24H22N4O4S/c1-3-32-19-10-9-16(11-20(19)31-2)13-26-27-22(29)14-28-15-25-23-18(24(28)30)12-21(33-23)17-7-5-4-6-8-17/h4-13,15H,3,14H2,1-2H3,(H,27,29). The lowest BCUT2D eigenvalue weighted by Crippen LogP contribution is -2.29. The van der Waals surface area contributed by atoms with E-state index >= 15 is 0 Å². The van der Waals surface area contributed by atoms with E-state index < -0.39 is 5.91 Å². The lowest BCUT2D eigenvalue weighted by Gasteiger charge is -2.09. The van der Waals surface area contributed by atoms with Gasteiger partial charge in [0.15, 0.2) is 11.5 Å². The van der Waals surface area contributed by atoms with Gasteiger partial charge in [-0.3, -0.25) is 14.2 Å². The summed E-state index contributed by atoms with van der Waals surface area (Å²) in [4.78, 5) is 31.1. The number of carbonyl (C=O) groups excluding carboxylic acids is 1. The second-order valence-electron chi connectivity index (χ2n) is 7.01. The molecule has 168 valence electrons. The summed E-state index contributed by atoms with van der Waals surface area (Å²) in [7, 11) is 1.55. The molecule has 0 spiro atoms. The first-order valence-corrected chi connectivity index (χ1v) is 11.1. The van der Waals surface area contributed by atoms with Gasteiger partial charge in [0.1, 0.15) is 11.4 Å². The number of ether oxygens (including phenoxy) is 2. The number of nitrogens with zero attached hydrogens (tertiary/aromatic N) is 3. The van der Waals surface area contributed by atoms with Gasteiger partial charge < -0.3 is 9.47 Å². The molecule has 2 aromatic heterocycles. The molecular formula is C24H22N4O4S. The summed E-state index contributed by atoms with van der Waals surface area (Å²) in [5.41, 5.74) is 3.91. The van der Waals surface area contributed by atoms with Gasteiger partial charge in [-0.25, -0.2) is 10.4 Å². The maximum Gasteiger partial charge on any atom is 0.262 e. The quantitative estimate of drug-likeness (QED) is 0.318. The Hall–Kier alpha value is -3.98. The van der Waals surface area contributed by atoms with Crippen molar-refractivity contribution in [2.45, 2.75) is 13.5 Å². The van der Waals surface area contributed by atoms with Crippen LogP contribution in [0.15, 0.2) is 70.8 Å². The Bertz CT molecular complexity index is 1360. The minimum atomic E-state index is -0.439. The average molecular weight is 463 g/mol. The van der Waals surface area contributed by atoms with Crippen molar-refractivity contribution < 1.29 is 14.3 Å². The summed E-state index contributed by atoms with van der Waals surface area (Å²) in [5, 5.41) is 4.46. The molecule has 0 atom stereocenters. The number of hydrogen-bond donors (Lipinski definition) is 1. The maximum absolute atomic E-state index is 12.8. The van der Waals surface area contributed by atoms with Crippen LogP contribution in [0.3, 0.4) is 0 Å². The van der Waals surface area contributed by atoms with Gasteiger partial charge in [0.05, 0.1) is 31.6 Å². The fourth-order valence-electron chi connectivity index (χ4n) is 3.23. The van der Waals surface area contributed by atoms with Crippen molar-refractivity contribution in [3.05, 3.63) is 76.8 Å². The molecule has 2 heterocycles. The summed E-state index contributed by atoms with van der Waals surface area (Å²) in [6, 6.07) is 16.9. The summed E-state index contributed by atoms with van der Waals surface area (Å²) < 4.78 is 12.1. The highest BCUT2D eigenvalue weighted by molar-refractivity contribution is 7.21. The number of amides is 1. The fraction of sp³-hybridized carbons (Fsp3) is 0.167. The van der Waals surface area contributed by atoms with Crippen molar-refractivity contribution in [3.63, 3.8) is 0 Å². The third-order valence-electron chi connectivity index (χ3n) is 4.78. The van der Waals surface area contributed by atoms with E-state index in [1.165, 1.54) is 28.4 Å². The lowest BCUT2D eigenvalue weighted by molar-refractivity contribution is -0.121. The Morgan fingerprint density at radius 1 is 1.18 bits per heavy atom. The van der Waals surface area contributed by atoms with E-state index in [-0.39, 0.29) is 12.1 Å². The monoisotopic (exact) mass is 462 g/mol. The van der Waals surface area contributed by atoms with Crippen LogP contribution in [0.2, 0.25) is 0 Å². The van der Waals surface area contributed by atoms with Crippen molar-refractivity contribution in [2.75, 3.05) is 13.7 Å². The van der Waals surface area contributed by atoms with Gasteiger partial charge in [0.25, 0.3) is 11.5 Å². The van der Waals surface area contributed by atoms with Crippen LogP contribution in [-0.4, -0.2) is 35.4 Å². The molecule has 0 saturated heterocycles. The molecule has 0 unspecified atom stereocenters. The molecule has 2 aromatic carbocycles. The van der Waals surface area contributed by atoms with Crippen LogP contribution < -0.4 is 20.5 Å². The van der Waals surface area contributed by atoms with Gasteiger partial charge in [-0.1, -0.05) is 30.3 Å². The summed E-state index contributed by atoms with van der Waals surface area (Å²) >= 11 is 1.44. The molecule has 1 amide bonds. The van der Waals surface area contributed by atoms with Crippen LogP contribution in [0.25, 0.3) is 20.7 Å². The molecule has 1 N–H and O–H groups in total. The van der Waals surface area contributed by atoms with Gasteiger partial charge in [-0.15, -0.1) is 11.3 Å². The second-order valence-corrected chi connectivity index (χ2v) is 8.04. The Morgan fingerprint density at radius 3 is 2.76 bits per heavy atom. The summed E-state index contributed by atoms with van der Waals surface area (Å²) in [6.07, 6.45) is 2.88. The number of carbonyl (C=O) groups is 1. The van der Waals surface area contributed by atoms with Gasteiger partial charge in [0.2, 0.25) is 0 Å². The SMILES string of the molecule is CCOc1ccc(C=NNC(=O)Cn2cnc3sc(-c4ccccc4)cc3c2=O)cc1OC. The van der Waals surface area contributed by atoms with Crippen LogP contribution in [0.5, 0.6) is 11.5 Å². The molecule has 0 fully saturated rings. The van der Waals surface area contributed by atoms with Crippen molar-refractivity contribution in [2.24, 2.45) is 5.10 Å². The highest BCUT2D eigenvalue weighted by Crippen LogP contribution is 2.30. The maximum atomic E-state index is 12.8. The Kier molecular flexibility index (Phi) is 6.80. The number of fused-ring (bicyclic) bond motifs is 1. The number of nitrogens with one attached hydrogen (secondary N) is 1. The Balaban J connectivity index is 1.45. The van der Waals surface area contributed by atoms with Gasteiger partial charge in [-0.05, 0) is 42.3 Å². The number of rotatable bonds is 8. The number of thiophene rings is 1. The minimum absolute atomic E-state index is 0.192. The smallest absolute Gasteiger partial charge is 0.262 e. The van der Waals surface area contributed by atoms with Gasteiger partial charge in [0, 0.05) is 4.88 Å². The van der Waals surface area contributed by atoms with E-state index in [4.69, 9.17) is 9.47 Å². The van der Waals surface area contributed by atoms with Gasteiger partial charge in [-0.2, -0.15) is 5.10 Å². The van der Waals surface area contributed by atoms with E-state index in [9.17, 15) is 9.59 Å². The molecule has 9 heteroatoms. The lowest BCUT2D eigenvalue weighted by atomic mass is 10.2. The molecule has 0 aliphatic heterocycles. The summed E-state index contributed by atoms with van der Waals surface area (Å²) in [5.74, 6) is 0.766. The van der Waals surface area contributed by atoms with Crippen LogP contribution in [0.4, 0.5) is 0 Å². The zero-order valence-electron chi connectivity index (χ0n) is 18.1. The first kappa shape index (κ1) is 22.2. The van der Waals surface area contributed by atoms with E-state index in [2.05, 4.69) is 15.5 Å². The molecule has 8 nitrogen and oxygen atoms in total. The van der Waals surface area contributed by atoms with Gasteiger partial charge >= 0.3 is 0 Å². The largest absolute Gasteiger partial charge is 0.493 e. The first-order chi connectivity index (χ1) is 16.1. The number of hydrazone groups is 1. The van der Waals surface area contributed by atoms with Crippen LogP contribution in [-0.2, 0) is 11.3 Å². The highest BCUT2D eigenvalue weighted by atomic mass is 32.1. The Morgan fingerprint density at radius 2 is 2.00 bits per heavy atom. The van der Waals surface area contributed by atoms with Crippen molar-refractivity contribution in [3.8, 4) is 21.9 Å². The molecule has 0 aliphatic rings. The van der Waals surface area contributed by atoms with Crippen LogP contribution >= 0.6 is 11.3 Å². The van der Waals surface area contributed by atoms with Crippen molar-refractivity contribution in [1.29, 1.82) is 0 Å². The number of aromatic nitrogens is 2. The zero-order valence-corrected chi connectivity index (χ0v) is 19.0. The Labute approximate surface area is 194 Å². The fourth-order valence-corrected chi connectivity index (χ4v) is 4.22. The third kappa shape index (κ3) is 5.09. The molecule has 0 aliphatic carbocycles.